The smallest absolute Gasteiger partial charge is 0.303 e. The number of carbonyl (C=O) groups is 2. The summed E-state index contributed by atoms with van der Waals surface area (Å²) in [4.78, 5) is 28.4. The molecule has 4 rings (SSSR count). The number of carboxylic acid groups (broad SMARTS) is 1. The van der Waals surface area contributed by atoms with Gasteiger partial charge in [0.05, 0.1) is 12.1 Å². The van der Waals surface area contributed by atoms with Gasteiger partial charge in [0.15, 0.2) is 0 Å². The first-order valence-electron chi connectivity index (χ1n) is 10.7. The van der Waals surface area contributed by atoms with E-state index in [-0.39, 0.29) is 17.7 Å². The molecular formula is C24H26ClN3O3. The molecule has 0 atom stereocenters. The molecule has 2 aromatic heterocycles. The van der Waals surface area contributed by atoms with Crippen LogP contribution < -0.4 is 5.32 Å². The fraction of sp³-hybridized carbons (Fsp3) is 0.375. The number of benzene rings is 1. The minimum Gasteiger partial charge on any atom is -0.481 e. The molecule has 0 radical (unpaired) electrons. The number of nitrogens with one attached hydrogen (secondary N) is 1. The second kappa shape index (κ2) is 9.10. The van der Waals surface area contributed by atoms with Crippen molar-refractivity contribution in [3.8, 4) is 0 Å². The number of fused-ring (bicyclic) bond motifs is 1. The Balaban J connectivity index is 1.54. The molecule has 2 heterocycles. The van der Waals surface area contributed by atoms with Gasteiger partial charge in [-0.05, 0) is 42.7 Å². The number of hydrogen-bond acceptors (Lipinski definition) is 3. The van der Waals surface area contributed by atoms with E-state index in [2.05, 4.69) is 22.4 Å². The first-order valence-corrected chi connectivity index (χ1v) is 11.1. The molecule has 1 aliphatic rings. The Morgan fingerprint density at radius 1 is 1.10 bits per heavy atom. The van der Waals surface area contributed by atoms with Gasteiger partial charge in [-0.2, -0.15) is 0 Å². The molecule has 0 bridgehead atoms. The van der Waals surface area contributed by atoms with Crippen molar-refractivity contribution in [3.05, 3.63) is 70.6 Å². The van der Waals surface area contributed by atoms with E-state index in [1.165, 1.54) is 12.0 Å². The van der Waals surface area contributed by atoms with E-state index in [1.807, 2.05) is 18.2 Å². The fourth-order valence-electron chi connectivity index (χ4n) is 4.54. The van der Waals surface area contributed by atoms with Crippen molar-refractivity contribution in [3.63, 3.8) is 0 Å². The zero-order valence-electron chi connectivity index (χ0n) is 17.3. The molecule has 1 saturated carbocycles. The van der Waals surface area contributed by atoms with E-state index >= 15 is 0 Å². The van der Waals surface area contributed by atoms with Crippen molar-refractivity contribution >= 4 is 29.1 Å². The number of amides is 1. The summed E-state index contributed by atoms with van der Waals surface area (Å²) in [6.45, 7) is 0.560. The highest BCUT2D eigenvalue weighted by Gasteiger charge is 2.34. The Labute approximate surface area is 186 Å². The Bertz CT molecular complexity index is 1090. The third kappa shape index (κ3) is 4.74. The predicted molar refractivity (Wildman–Crippen MR) is 120 cm³/mol. The number of imidazole rings is 1. The maximum atomic E-state index is 13.1. The highest BCUT2D eigenvalue weighted by molar-refractivity contribution is 6.30. The summed E-state index contributed by atoms with van der Waals surface area (Å²) in [5.41, 5.74) is 2.92. The molecular weight excluding hydrogens is 414 g/mol. The van der Waals surface area contributed by atoms with Crippen molar-refractivity contribution in [2.75, 3.05) is 6.54 Å². The lowest BCUT2D eigenvalue weighted by molar-refractivity contribution is -0.136. The molecule has 3 aromatic rings. The maximum Gasteiger partial charge on any atom is 0.303 e. The number of pyridine rings is 1. The average Bonchev–Trinajstić information content (AvgIpc) is 3.20. The number of hydrogen-bond donors (Lipinski definition) is 2. The maximum absolute atomic E-state index is 13.1. The molecule has 0 spiro atoms. The van der Waals surface area contributed by atoms with Crippen LogP contribution in [0.2, 0.25) is 5.02 Å². The van der Waals surface area contributed by atoms with Crippen LogP contribution in [0.25, 0.3) is 5.65 Å². The van der Waals surface area contributed by atoms with Crippen LogP contribution in [-0.2, 0) is 16.6 Å². The van der Waals surface area contributed by atoms with Gasteiger partial charge >= 0.3 is 5.97 Å². The number of aliphatic carboxylic acids is 1. The molecule has 162 valence electrons. The summed E-state index contributed by atoms with van der Waals surface area (Å²) < 4.78 is 1.74. The van der Waals surface area contributed by atoms with Crippen LogP contribution in [-0.4, -0.2) is 32.9 Å². The lowest BCUT2D eigenvalue weighted by Crippen LogP contribution is -2.42. The Morgan fingerprint density at radius 2 is 1.84 bits per heavy atom. The number of aryl methyl sites for hydroxylation is 1. The topological polar surface area (TPSA) is 83.7 Å². The Hall–Kier alpha value is -2.86. The van der Waals surface area contributed by atoms with E-state index in [0.29, 0.717) is 35.0 Å². The molecule has 7 heteroatoms. The SMILES string of the molecule is O=C(O)CCc1cn2c(C(=O)NCC3(c4ccc(Cl)cc4)CCCCC3)cccc2n1. The minimum atomic E-state index is -0.866. The van der Waals surface area contributed by atoms with Gasteiger partial charge < -0.3 is 10.4 Å². The van der Waals surface area contributed by atoms with E-state index in [1.54, 1.807) is 22.7 Å². The molecule has 2 N–H and O–H groups in total. The second-order valence-electron chi connectivity index (χ2n) is 8.30. The van der Waals surface area contributed by atoms with Crippen molar-refractivity contribution in [1.82, 2.24) is 14.7 Å². The summed E-state index contributed by atoms with van der Waals surface area (Å²) in [5.74, 6) is -1.03. The van der Waals surface area contributed by atoms with Crippen LogP contribution in [0.15, 0.2) is 48.7 Å². The first-order chi connectivity index (χ1) is 15.0. The van der Waals surface area contributed by atoms with Crippen LogP contribution in [0.5, 0.6) is 0 Å². The van der Waals surface area contributed by atoms with Gasteiger partial charge in [0.1, 0.15) is 11.3 Å². The van der Waals surface area contributed by atoms with Gasteiger partial charge in [-0.3, -0.25) is 14.0 Å². The van der Waals surface area contributed by atoms with Crippen LogP contribution in [0, 0.1) is 0 Å². The number of carboxylic acids is 1. The van der Waals surface area contributed by atoms with Crippen LogP contribution in [0.3, 0.4) is 0 Å². The van der Waals surface area contributed by atoms with E-state index in [4.69, 9.17) is 16.7 Å². The molecule has 0 unspecified atom stereocenters. The standard InChI is InChI=1S/C24H26ClN3O3/c25-18-9-7-17(8-10-18)24(13-2-1-3-14-24)16-26-23(31)20-5-4-6-21-27-19(15-28(20)21)11-12-22(29)30/h4-10,15H,1-3,11-14,16H2,(H,26,31)(H,29,30). The average molecular weight is 440 g/mol. The quantitative estimate of drug-likeness (QED) is 0.561. The van der Waals surface area contributed by atoms with E-state index < -0.39 is 5.97 Å². The summed E-state index contributed by atoms with van der Waals surface area (Å²) in [5, 5.41) is 12.8. The highest BCUT2D eigenvalue weighted by atomic mass is 35.5. The lowest BCUT2D eigenvalue weighted by atomic mass is 9.69. The zero-order valence-corrected chi connectivity index (χ0v) is 18.1. The second-order valence-corrected chi connectivity index (χ2v) is 8.73. The Kier molecular flexibility index (Phi) is 6.28. The van der Waals surface area contributed by atoms with E-state index in [0.717, 1.165) is 25.7 Å². The molecule has 1 aliphatic carbocycles. The van der Waals surface area contributed by atoms with Gasteiger partial charge in [0.25, 0.3) is 5.91 Å². The minimum absolute atomic E-state index is 0.00895. The number of rotatable bonds is 7. The lowest BCUT2D eigenvalue weighted by Gasteiger charge is -2.38. The van der Waals surface area contributed by atoms with Crippen molar-refractivity contribution in [1.29, 1.82) is 0 Å². The van der Waals surface area contributed by atoms with Gasteiger partial charge in [-0.1, -0.05) is 49.1 Å². The summed E-state index contributed by atoms with van der Waals surface area (Å²) in [7, 11) is 0. The van der Waals surface area contributed by atoms with Crippen molar-refractivity contribution in [2.24, 2.45) is 0 Å². The third-order valence-electron chi connectivity index (χ3n) is 6.22. The zero-order chi connectivity index (χ0) is 21.8. The molecule has 1 aromatic carbocycles. The number of halogens is 1. The predicted octanol–water partition coefficient (Wildman–Crippen LogP) is 4.64. The molecule has 6 nitrogen and oxygen atoms in total. The van der Waals surface area contributed by atoms with E-state index in [9.17, 15) is 9.59 Å². The third-order valence-corrected chi connectivity index (χ3v) is 6.48. The largest absolute Gasteiger partial charge is 0.481 e. The summed E-state index contributed by atoms with van der Waals surface area (Å²) in [6.07, 6.45) is 7.66. The van der Waals surface area contributed by atoms with Crippen molar-refractivity contribution in [2.45, 2.75) is 50.4 Å². The molecule has 31 heavy (non-hydrogen) atoms. The molecule has 1 amide bonds. The highest BCUT2D eigenvalue weighted by Crippen LogP contribution is 2.39. The molecule has 0 saturated heterocycles. The van der Waals surface area contributed by atoms with Gasteiger partial charge in [0.2, 0.25) is 0 Å². The normalized spacial score (nSPS) is 15.6. The first kappa shape index (κ1) is 21.4. The fourth-order valence-corrected chi connectivity index (χ4v) is 4.67. The molecule has 1 fully saturated rings. The summed E-state index contributed by atoms with van der Waals surface area (Å²) >= 11 is 6.09. The number of aromatic nitrogens is 2. The molecule has 0 aliphatic heterocycles. The summed E-state index contributed by atoms with van der Waals surface area (Å²) in [6, 6.07) is 13.4. The Morgan fingerprint density at radius 3 is 2.55 bits per heavy atom. The monoisotopic (exact) mass is 439 g/mol. The number of carbonyl (C=O) groups excluding carboxylic acids is 1. The van der Waals surface area contributed by atoms with Gasteiger partial charge in [-0.25, -0.2) is 4.98 Å². The van der Waals surface area contributed by atoms with Gasteiger partial charge in [-0.15, -0.1) is 0 Å². The van der Waals surface area contributed by atoms with Crippen LogP contribution in [0.4, 0.5) is 0 Å². The number of nitrogens with zero attached hydrogens (tertiary/aromatic N) is 2. The van der Waals surface area contributed by atoms with Crippen LogP contribution >= 0.6 is 11.6 Å². The van der Waals surface area contributed by atoms with Crippen LogP contribution in [0.1, 0.15) is 60.3 Å². The van der Waals surface area contributed by atoms with Gasteiger partial charge in [0, 0.05) is 29.6 Å². The van der Waals surface area contributed by atoms with Crippen molar-refractivity contribution < 1.29 is 14.7 Å².